The van der Waals surface area contributed by atoms with Crippen molar-refractivity contribution >= 4 is 56.0 Å². The smallest absolute Gasteiger partial charge is 0.731 e. The molecule has 2 atom stereocenters. The third-order valence-corrected chi connectivity index (χ3v) is 6.07. The van der Waals surface area contributed by atoms with Gasteiger partial charge in [0.05, 0.1) is 4.92 Å². The number of β-lactam (4-membered cyclic amide) rings is 1. The van der Waals surface area contributed by atoms with Crippen LogP contribution in [-0.4, -0.2) is 69.9 Å². The topological polar surface area (TPSA) is 237 Å². The zero-order valence-electron chi connectivity index (χ0n) is 18.5. The van der Waals surface area contributed by atoms with Gasteiger partial charge in [0, 0.05) is 17.5 Å². The van der Waals surface area contributed by atoms with E-state index in [1.54, 1.807) is 0 Å². The van der Waals surface area contributed by atoms with E-state index in [-0.39, 0.29) is 50.4 Å². The van der Waals surface area contributed by atoms with Crippen LogP contribution < -0.4 is 40.6 Å². The fraction of sp³-hybridized carbons (Fsp3) is 0.235. The summed E-state index contributed by atoms with van der Waals surface area (Å²) in [6.45, 7) is -0.469. The third kappa shape index (κ3) is 6.33. The number of esters is 1. The molecule has 0 aliphatic carbocycles. The van der Waals surface area contributed by atoms with Gasteiger partial charge in [-0.3, -0.25) is 19.7 Å². The van der Waals surface area contributed by atoms with Crippen LogP contribution in [0.15, 0.2) is 34.8 Å². The van der Waals surface area contributed by atoms with Crippen molar-refractivity contribution in [1.29, 1.82) is 0 Å². The molecule has 0 unspecified atom stereocenters. The number of anilines is 1. The monoisotopic (exact) mass is 550 g/mol. The van der Waals surface area contributed by atoms with Crippen molar-refractivity contribution in [3.05, 3.63) is 51.0 Å². The standard InChI is InChI=1S/C17H16N6O10S2.Na/c1-32-21-11(10-7-34-17(18)19-10)14(24)20-12-13(22(15(12)25)35(29,30)31)16(26)33-6-8-2-4-9(5-3-8)23(27)28;/h2-5,7,12-13H,6H2,1H3,(H2,18,19)(H,20,24)(H,29,30,31);/q;+1/p-1/b21-11-;/t12-,13-;/m1./s1. The zero-order valence-corrected chi connectivity index (χ0v) is 22.1. The van der Waals surface area contributed by atoms with E-state index < -0.39 is 57.4 Å². The van der Waals surface area contributed by atoms with E-state index in [9.17, 15) is 37.5 Å². The summed E-state index contributed by atoms with van der Waals surface area (Å²) in [4.78, 5) is 56.1. The maximum absolute atomic E-state index is 12.7. The van der Waals surface area contributed by atoms with Gasteiger partial charge in [-0.15, -0.1) is 11.3 Å². The van der Waals surface area contributed by atoms with Crippen molar-refractivity contribution in [2.75, 3.05) is 12.8 Å². The number of oxime groups is 1. The van der Waals surface area contributed by atoms with E-state index >= 15 is 0 Å². The number of rotatable bonds is 9. The van der Waals surface area contributed by atoms with Crippen molar-refractivity contribution in [3.63, 3.8) is 0 Å². The van der Waals surface area contributed by atoms with Crippen molar-refractivity contribution in [1.82, 2.24) is 14.6 Å². The average molecular weight is 550 g/mol. The number of carbonyl (C=O) groups excluding carboxylic acids is 3. The Labute approximate surface area is 228 Å². The van der Waals surface area contributed by atoms with Gasteiger partial charge in [-0.1, -0.05) is 5.16 Å². The molecule has 3 N–H and O–H groups in total. The second-order valence-electron chi connectivity index (χ2n) is 6.71. The predicted octanol–water partition coefficient (Wildman–Crippen LogP) is -4.11. The Morgan fingerprint density at radius 3 is 2.47 bits per heavy atom. The van der Waals surface area contributed by atoms with Crippen LogP contribution in [0.3, 0.4) is 0 Å². The van der Waals surface area contributed by atoms with Gasteiger partial charge in [0.1, 0.15) is 25.5 Å². The zero-order chi connectivity index (χ0) is 25.9. The van der Waals surface area contributed by atoms with Gasteiger partial charge in [-0.25, -0.2) is 22.5 Å². The number of nitrogens with two attached hydrogens (primary N) is 1. The molecule has 2 heterocycles. The normalized spacial score (nSPS) is 17.4. The number of ether oxygens (including phenoxy) is 1. The molecule has 1 aliphatic heterocycles. The summed E-state index contributed by atoms with van der Waals surface area (Å²) < 4.78 is 39.2. The number of nitro benzene ring substituents is 1. The molecule has 1 saturated heterocycles. The summed E-state index contributed by atoms with van der Waals surface area (Å²) >= 11 is 0.974. The first kappa shape index (κ1) is 29.1. The molecule has 2 aromatic rings. The van der Waals surface area contributed by atoms with Crippen LogP contribution in [0.25, 0.3) is 0 Å². The van der Waals surface area contributed by atoms with E-state index in [1.807, 2.05) is 0 Å². The summed E-state index contributed by atoms with van der Waals surface area (Å²) in [5.74, 6) is -3.78. The molecule has 1 aromatic carbocycles. The minimum atomic E-state index is -5.43. The molecule has 2 amide bonds. The molecular formula is C17H15N6NaO10S2. The summed E-state index contributed by atoms with van der Waals surface area (Å²) in [6, 6.07) is 1.08. The Hall–Kier alpha value is -3.16. The molecule has 1 aliphatic rings. The second-order valence-corrected chi connectivity index (χ2v) is 8.85. The summed E-state index contributed by atoms with van der Waals surface area (Å²) in [6.07, 6.45) is 0. The molecule has 0 saturated carbocycles. The van der Waals surface area contributed by atoms with Crippen LogP contribution in [0, 0.1) is 10.1 Å². The number of carbonyl (C=O) groups is 3. The number of thiazole rings is 1. The van der Waals surface area contributed by atoms with Crippen molar-refractivity contribution in [2.45, 2.75) is 18.7 Å². The molecule has 0 bridgehead atoms. The van der Waals surface area contributed by atoms with Gasteiger partial charge in [0.15, 0.2) is 27.2 Å². The van der Waals surface area contributed by atoms with Gasteiger partial charge in [0.25, 0.3) is 17.5 Å². The van der Waals surface area contributed by atoms with Crippen LogP contribution in [0.5, 0.6) is 0 Å². The number of amides is 2. The Balaban J connectivity index is 0.00000456. The van der Waals surface area contributed by atoms with Crippen LogP contribution in [0.1, 0.15) is 11.3 Å². The van der Waals surface area contributed by atoms with E-state index in [4.69, 9.17) is 10.5 Å². The fourth-order valence-corrected chi connectivity index (χ4v) is 4.31. The van der Waals surface area contributed by atoms with Gasteiger partial charge >= 0.3 is 35.5 Å². The molecular weight excluding hydrogens is 535 g/mol. The van der Waals surface area contributed by atoms with E-state index in [0.29, 0.717) is 5.56 Å². The van der Waals surface area contributed by atoms with Gasteiger partial charge in [0.2, 0.25) is 0 Å². The SMILES string of the molecule is CO/N=C(\C(=O)N[C@H]1C(=O)N(S(=O)(=O)[O-])[C@H]1C(=O)OCc1ccc([N+](=O)[O-])cc1)c1csc(N)n1.[Na+]. The van der Waals surface area contributed by atoms with Gasteiger partial charge in [-0.2, -0.15) is 0 Å². The molecule has 1 aromatic heterocycles. The number of aromatic nitrogens is 1. The van der Waals surface area contributed by atoms with Crippen LogP contribution in [0.4, 0.5) is 10.8 Å². The van der Waals surface area contributed by atoms with Gasteiger partial charge in [-0.05, 0) is 17.7 Å². The Kier molecular flexibility index (Phi) is 9.46. The van der Waals surface area contributed by atoms with Crippen LogP contribution >= 0.6 is 11.3 Å². The largest absolute Gasteiger partial charge is 1.00 e. The molecule has 36 heavy (non-hydrogen) atoms. The number of nitro groups is 1. The maximum Gasteiger partial charge on any atom is 1.00 e. The summed E-state index contributed by atoms with van der Waals surface area (Å²) in [7, 11) is -4.30. The number of nitrogen functional groups attached to an aromatic ring is 1. The Morgan fingerprint density at radius 1 is 1.33 bits per heavy atom. The maximum atomic E-state index is 12.7. The van der Waals surface area contributed by atoms with E-state index in [2.05, 4.69) is 20.3 Å². The van der Waals surface area contributed by atoms with Crippen molar-refractivity contribution < 1.29 is 71.4 Å². The van der Waals surface area contributed by atoms with E-state index in [1.165, 1.54) is 17.5 Å². The van der Waals surface area contributed by atoms with Crippen LogP contribution in [-0.2, 0) is 40.9 Å². The molecule has 1 fully saturated rings. The predicted molar refractivity (Wildman–Crippen MR) is 115 cm³/mol. The summed E-state index contributed by atoms with van der Waals surface area (Å²) in [5, 5.41) is 17.8. The van der Waals surface area contributed by atoms with Gasteiger partial charge < -0.3 is 25.2 Å². The minimum Gasteiger partial charge on any atom is -0.731 e. The molecule has 0 radical (unpaired) electrons. The second kappa shape index (κ2) is 11.7. The Bertz CT molecular complexity index is 1310. The molecule has 186 valence electrons. The molecule has 16 nitrogen and oxygen atoms in total. The average Bonchev–Trinajstić information content (AvgIpc) is 3.22. The number of nitrogens with zero attached hydrogens (tertiary/aromatic N) is 4. The quantitative estimate of drug-likeness (QED) is 0.0576. The summed E-state index contributed by atoms with van der Waals surface area (Å²) in [5.41, 5.74) is 5.15. The third-order valence-electron chi connectivity index (χ3n) is 4.51. The first-order chi connectivity index (χ1) is 16.4. The van der Waals surface area contributed by atoms with Crippen LogP contribution in [0.2, 0.25) is 0 Å². The number of hydrogen-bond donors (Lipinski definition) is 2. The Morgan fingerprint density at radius 2 is 1.97 bits per heavy atom. The number of hydrogen-bond acceptors (Lipinski definition) is 14. The van der Waals surface area contributed by atoms with Crippen molar-refractivity contribution in [2.24, 2.45) is 5.16 Å². The number of nitrogens with one attached hydrogen (secondary N) is 1. The first-order valence-corrected chi connectivity index (χ1v) is 11.5. The fourth-order valence-electron chi connectivity index (χ4n) is 2.94. The van der Waals surface area contributed by atoms with Crippen molar-refractivity contribution in [3.8, 4) is 0 Å². The van der Waals surface area contributed by atoms with E-state index in [0.717, 1.165) is 30.6 Å². The molecule has 3 rings (SSSR count). The number of benzene rings is 1. The molecule has 0 spiro atoms. The number of non-ortho nitro benzene ring substituents is 1. The molecule has 19 heteroatoms. The minimum absolute atomic E-state index is 0. The first-order valence-electron chi connectivity index (χ1n) is 9.26.